The van der Waals surface area contributed by atoms with Crippen molar-refractivity contribution in [2.24, 2.45) is 0 Å². The Labute approximate surface area is 101 Å². The molecule has 1 aliphatic rings. The molecule has 0 amide bonds. The van der Waals surface area contributed by atoms with Crippen molar-refractivity contribution in [1.82, 2.24) is 15.5 Å². The van der Waals surface area contributed by atoms with Gasteiger partial charge in [-0.05, 0) is 12.8 Å². The average Bonchev–Trinajstić information content (AvgIpc) is 2.75. The summed E-state index contributed by atoms with van der Waals surface area (Å²) < 4.78 is 10.9. The summed E-state index contributed by atoms with van der Waals surface area (Å²) in [6.07, 6.45) is 2.16. The minimum Gasteiger partial charge on any atom is -0.407 e. The quantitative estimate of drug-likeness (QED) is 0.804. The smallest absolute Gasteiger partial charge is 0.315 e. The number of hydrogen-bond acceptors (Lipinski definition) is 6. The van der Waals surface area contributed by atoms with Crippen LogP contribution in [-0.4, -0.2) is 35.5 Å². The highest BCUT2D eigenvalue weighted by molar-refractivity contribution is 5.19. The lowest BCUT2D eigenvalue weighted by Gasteiger charge is -2.21. The maximum Gasteiger partial charge on any atom is 0.315 e. The summed E-state index contributed by atoms with van der Waals surface area (Å²) in [7, 11) is 0. The molecule has 6 nitrogen and oxygen atoms in total. The van der Waals surface area contributed by atoms with Crippen LogP contribution in [0.5, 0.6) is 0 Å². The summed E-state index contributed by atoms with van der Waals surface area (Å²) in [5.41, 5.74) is 0. The topological polar surface area (TPSA) is 72.2 Å². The third-order valence-corrected chi connectivity index (χ3v) is 2.62. The second-order valence-electron chi connectivity index (χ2n) is 4.59. The van der Waals surface area contributed by atoms with Gasteiger partial charge in [0.25, 0.3) is 0 Å². The highest BCUT2D eigenvalue weighted by Crippen LogP contribution is 2.13. The van der Waals surface area contributed by atoms with Gasteiger partial charge in [-0.3, -0.25) is 0 Å². The van der Waals surface area contributed by atoms with Crippen LogP contribution in [-0.2, 0) is 11.3 Å². The maximum atomic E-state index is 5.49. The molecule has 0 bridgehead atoms. The molecule has 2 N–H and O–H groups in total. The molecule has 1 aromatic heterocycles. The van der Waals surface area contributed by atoms with Crippen LogP contribution in [0.4, 0.5) is 6.01 Å². The number of nitrogens with zero attached hydrogens (tertiary/aromatic N) is 2. The zero-order chi connectivity index (χ0) is 12.1. The lowest BCUT2D eigenvalue weighted by Crippen LogP contribution is -2.30. The second-order valence-corrected chi connectivity index (χ2v) is 4.59. The van der Waals surface area contributed by atoms with Crippen molar-refractivity contribution in [3.05, 3.63) is 5.89 Å². The van der Waals surface area contributed by atoms with Crippen LogP contribution in [0, 0.1) is 0 Å². The Morgan fingerprint density at radius 2 is 2.29 bits per heavy atom. The Bertz CT molecular complexity index is 334. The van der Waals surface area contributed by atoms with E-state index in [1.165, 1.54) is 0 Å². The van der Waals surface area contributed by atoms with Gasteiger partial charge in [-0.2, -0.15) is 0 Å². The molecule has 1 aliphatic heterocycles. The molecule has 0 aliphatic carbocycles. The lowest BCUT2D eigenvalue weighted by atomic mass is 10.1. The van der Waals surface area contributed by atoms with Crippen molar-refractivity contribution in [3.63, 3.8) is 0 Å². The third kappa shape index (κ3) is 3.98. The van der Waals surface area contributed by atoms with E-state index in [0.29, 0.717) is 31.1 Å². The van der Waals surface area contributed by atoms with E-state index in [9.17, 15) is 0 Å². The van der Waals surface area contributed by atoms with Gasteiger partial charge in [-0.25, -0.2) is 0 Å². The van der Waals surface area contributed by atoms with Crippen LogP contribution in [0.1, 0.15) is 32.6 Å². The molecule has 1 unspecified atom stereocenters. The largest absolute Gasteiger partial charge is 0.407 e. The molecule has 17 heavy (non-hydrogen) atoms. The van der Waals surface area contributed by atoms with Crippen molar-refractivity contribution in [3.8, 4) is 0 Å². The maximum absolute atomic E-state index is 5.49. The van der Waals surface area contributed by atoms with E-state index in [1.54, 1.807) is 0 Å². The minimum atomic E-state index is 0.287. The summed E-state index contributed by atoms with van der Waals surface area (Å²) >= 11 is 0. The summed E-state index contributed by atoms with van der Waals surface area (Å²) in [4.78, 5) is 0. The molecule has 1 saturated heterocycles. The number of anilines is 1. The van der Waals surface area contributed by atoms with Crippen LogP contribution in [0.25, 0.3) is 0 Å². The zero-order valence-electron chi connectivity index (χ0n) is 10.4. The molecule has 1 fully saturated rings. The standard InChI is InChI=1S/C11H20N4O2/c1-8(2)12-6-10-14-15-11(17-10)13-9-4-3-5-16-7-9/h8-9,12H,3-7H2,1-2H3,(H,13,15). The second kappa shape index (κ2) is 5.97. The first kappa shape index (κ1) is 12.3. The number of ether oxygens (including phenoxy) is 1. The van der Waals surface area contributed by atoms with Crippen molar-refractivity contribution < 1.29 is 9.15 Å². The van der Waals surface area contributed by atoms with Crippen molar-refractivity contribution in [2.75, 3.05) is 18.5 Å². The first-order valence-electron chi connectivity index (χ1n) is 6.14. The van der Waals surface area contributed by atoms with Gasteiger partial charge in [0.05, 0.1) is 19.2 Å². The van der Waals surface area contributed by atoms with Crippen molar-refractivity contribution >= 4 is 6.01 Å². The molecule has 6 heteroatoms. The van der Waals surface area contributed by atoms with E-state index in [0.717, 1.165) is 19.4 Å². The van der Waals surface area contributed by atoms with E-state index < -0.39 is 0 Å². The Kier molecular flexibility index (Phi) is 4.33. The molecule has 0 spiro atoms. The highest BCUT2D eigenvalue weighted by atomic mass is 16.5. The van der Waals surface area contributed by atoms with Gasteiger partial charge in [0.15, 0.2) is 0 Å². The fourth-order valence-electron chi connectivity index (χ4n) is 1.70. The van der Waals surface area contributed by atoms with Crippen LogP contribution in [0.2, 0.25) is 0 Å². The first-order valence-corrected chi connectivity index (χ1v) is 6.14. The summed E-state index contributed by atoms with van der Waals surface area (Å²) in [5.74, 6) is 0.609. The molecular weight excluding hydrogens is 220 g/mol. The molecule has 2 rings (SSSR count). The average molecular weight is 240 g/mol. The number of nitrogens with one attached hydrogen (secondary N) is 2. The van der Waals surface area contributed by atoms with Gasteiger partial charge in [0, 0.05) is 12.6 Å². The Morgan fingerprint density at radius 1 is 1.41 bits per heavy atom. The Balaban J connectivity index is 1.80. The predicted molar refractivity (Wildman–Crippen MR) is 63.7 cm³/mol. The number of hydrogen-bond donors (Lipinski definition) is 2. The first-order chi connectivity index (χ1) is 8.24. The van der Waals surface area contributed by atoms with E-state index in [-0.39, 0.29) is 6.04 Å². The molecule has 1 atom stereocenters. The lowest BCUT2D eigenvalue weighted by molar-refractivity contribution is 0.0868. The van der Waals surface area contributed by atoms with E-state index in [2.05, 4.69) is 34.7 Å². The Hall–Kier alpha value is -1.14. The van der Waals surface area contributed by atoms with E-state index in [4.69, 9.17) is 9.15 Å². The monoisotopic (exact) mass is 240 g/mol. The molecule has 2 heterocycles. The third-order valence-electron chi connectivity index (χ3n) is 2.62. The van der Waals surface area contributed by atoms with E-state index >= 15 is 0 Å². The SMILES string of the molecule is CC(C)NCc1nnc(NC2CCCOC2)o1. The molecule has 96 valence electrons. The molecule has 0 aromatic carbocycles. The molecule has 1 aromatic rings. The van der Waals surface area contributed by atoms with Crippen molar-refractivity contribution in [1.29, 1.82) is 0 Å². The summed E-state index contributed by atoms with van der Waals surface area (Å²) in [6.45, 7) is 6.32. The number of aromatic nitrogens is 2. The van der Waals surface area contributed by atoms with Crippen LogP contribution in [0.15, 0.2) is 4.42 Å². The van der Waals surface area contributed by atoms with Crippen LogP contribution >= 0.6 is 0 Å². The zero-order valence-corrected chi connectivity index (χ0v) is 10.4. The molecule has 0 saturated carbocycles. The van der Waals surface area contributed by atoms with Gasteiger partial charge in [-0.1, -0.05) is 18.9 Å². The van der Waals surface area contributed by atoms with Gasteiger partial charge in [0.1, 0.15) is 0 Å². The minimum absolute atomic E-state index is 0.287. The van der Waals surface area contributed by atoms with Gasteiger partial charge in [-0.15, -0.1) is 5.10 Å². The predicted octanol–water partition coefficient (Wildman–Crippen LogP) is 1.16. The van der Waals surface area contributed by atoms with Gasteiger partial charge >= 0.3 is 6.01 Å². The van der Waals surface area contributed by atoms with Crippen LogP contribution < -0.4 is 10.6 Å². The van der Waals surface area contributed by atoms with Gasteiger partial charge in [0.2, 0.25) is 5.89 Å². The highest BCUT2D eigenvalue weighted by Gasteiger charge is 2.16. The fraction of sp³-hybridized carbons (Fsp3) is 0.818. The van der Waals surface area contributed by atoms with E-state index in [1.807, 2.05) is 0 Å². The van der Waals surface area contributed by atoms with Crippen molar-refractivity contribution in [2.45, 2.75) is 45.3 Å². The normalized spacial score (nSPS) is 20.8. The summed E-state index contributed by atoms with van der Waals surface area (Å²) in [6, 6.07) is 1.18. The molecule has 0 radical (unpaired) electrons. The fourth-order valence-corrected chi connectivity index (χ4v) is 1.70. The number of rotatable bonds is 5. The Morgan fingerprint density at radius 3 is 3.00 bits per heavy atom. The van der Waals surface area contributed by atoms with Gasteiger partial charge < -0.3 is 19.8 Å². The molecular formula is C11H20N4O2. The van der Waals surface area contributed by atoms with Crippen LogP contribution in [0.3, 0.4) is 0 Å². The summed E-state index contributed by atoms with van der Waals surface area (Å²) in [5, 5.41) is 14.4.